The molecule has 1 aliphatic rings. The minimum atomic E-state index is -0.700. The van der Waals surface area contributed by atoms with Gasteiger partial charge in [-0.1, -0.05) is 6.42 Å². The highest BCUT2D eigenvalue weighted by molar-refractivity contribution is 5.66. The van der Waals surface area contributed by atoms with Crippen molar-refractivity contribution >= 4 is 5.97 Å². The van der Waals surface area contributed by atoms with E-state index < -0.39 is 5.97 Å². The lowest BCUT2D eigenvalue weighted by atomic mass is 10.0. The maximum Gasteiger partial charge on any atom is 0.303 e. The van der Waals surface area contributed by atoms with E-state index in [4.69, 9.17) is 5.11 Å². The number of hydrogen-bond donors (Lipinski definition) is 2. The lowest BCUT2D eigenvalue weighted by Gasteiger charge is -2.32. The Labute approximate surface area is 98.0 Å². The number of nitrogens with one attached hydrogen (secondary N) is 1. The number of piperidine rings is 1. The maximum atomic E-state index is 10.3. The van der Waals surface area contributed by atoms with Crippen LogP contribution in [0.25, 0.3) is 0 Å². The Morgan fingerprint density at radius 3 is 2.94 bits per heavy atom. The Balaban J connectivity index is 1.95. The number of hydrogen-bond acceptors (Lipinski definition) is 3. The molecule has 0 saturated carbocycles. The third-order valence-electron chi connectivity index (χ3n) is 3.32. The summed E-state index contributed by atoms with van der Waals surface area (Å²) in [5, 5.41) is 11.8. The second-order valence-corrected chi connectivity index (χ2v) is 4.67. The van der Waals surface area contributed by atoms with Crippen LogP contribution in [-0.2, 0) is 4.79 Å². The first kappa shape index (κ1) is 13.5. The van der Waals surface area contributed by atoms with Crippen LogP contribution in [0.4, 0.5) is 0 Å². The summed E-state index contributed by atoms with van der Waals surface area (Å²) >= 11 is 0. The highest BCUT2D eigenvalue weighted by atomic mass is 16.4. The van der Waals surface area contributed by atoms with E-state index in [1.165, 1.54) is 32.2 Å². The van der Waals surface area contributed by atoms with Gasteiger partial charge in [0.15, 0.2) is 0 Å². The van der Waals surface area contributed by atoms with Gasteiger partial charge in [-0.15, -0.1) is 0 Å². The number of aliphatic carboxylic acids is 1. The van der Waals surface area contributed by atoms with Gasteiger partial charge in [-0.05, 0) is 52.4 Å². The smallest absolute Gasteiger partial charge is 0.303 e. The van der Waals surface area contributed by atoms with Gasteiger partial charge in [-0.25, -0.2) is 0 Å². The molecule has 0 radical (unpaired) electrons. The van der Waals surface area contributed by atoms with Crippen molar-refractivity contribution in [1.82, 2.24) is 10.2 Å². The zero-order chi connectivity index (χ0) is 11.8. The van der Waals surface area contributed by atoms with E-state index in [1.807, 2.05) is 0 Å². The Morgan fingerprint density at radius 1 is 1.44 bits per heavy atom. The SMILES string of the molecule is CN1CCCCC1CCNCCCC(=O)O. The Kier molecular flexibility index (Phi) is 6.42. The first-order chi connectivity index (χ1) is 7.70. The fourth-order valence-electron chi connectivity index (χ4n) is 2.27. The monoisotopic (exact) mass is 228 g/mol. The molecule has 1 heterocycles. The molecule has 2 N–H and O–H groups in total. The fourth-order valence-corrected chi connectivity index (χ4v) is 2.27. The van der Waals surface area contributed by atoms with Crippen LogP contribution in [0.2, 0.25) is 0 Å². The Morgan fingerprint density at radius 2 is 2.25 bits per heavy atom. The highest BCUT2D eigenvalue weighted by Crippen LogP contribution is 2.16. The Bertz CT molecular complexity index is 209. The largest absolute Gasteiger partial charge is 0.481 e. The van der Waals surface area contributed by atoms with E-state index in [0.717, 1.165) is 25.6 Å². The van der Waals surface area contributed by atoms with Gasteiger partial charge < -0.3 is 15.3 Å². The van der Waals surface area contributed by atoms with Gasteiger partial charge in [0.05, 0.1) is 0 Å². The van der Waals surface area contributed by atoms with E-state index >= 15 is 0 Å². The molecule has 0 amide bonds. The molecule has 0 aromatic carbocycles. The molecule has 1 aliphatic heterocycles. The van der Waals surface area contributed by atoms with Gasteiger partial charge in [0, 0.05) is 12.5 Å². The molecule has 0 aromatic heterocycles. The predicted molar refractivity (Wildman–Crippen MR) is 64.6 cm³/mol. The lowest BCUT2D eigenvalue weighted by molar-refractivity contribution is -0.137. The molecule has 1 saturated heterocycles. The van der Waals surface area contributed by atoms with Crippen molar-refractivity contribution in [2.45, 2.75) is 44.6 Å². The molecule has 4 heteroatoms. The summed E-state index contributed by atoms with van der Waals surface area (Å²) in [6.07, 6.45) is 6.19. The normalized spacial score (nSPS) is 22.2. The number of carbonyl (C=O) groups is 1. The standard InChI is InChI=1S/C12H24N2O2/c1-14-10-3-2-5-11(14)7-9-13-8-4-6-12(15)16/h11,13H,2-10H2,1H3,(H,15,16). The number of likely N-dealkylation sites (tertiary alicyclic amines) is 1. The average molecular weight is 228 g/mol. The molecule has 0 spiro atoms. The van der Waals surface area contributed by atoms with Crippen molar-refractivity contribution < 1.29 is 9.90 Å². The molecule has 1 fully saturated rings. The first-order valence-electron chi connectivity index (χ1n) is 6.33. The molecule has 0 aromatic rings. The number of carboxylic acids is 1. The lowest BCUT2D eigenvalue weighted by Crippen LogP contribution is -2.38. The topological polar surface area (TPSA) is 52.6 Å². The summed E-state index contributed by atoms with van der Waals surface area (Å²) in [4.78, 5) is 12.7. The molecule has 94 valence electrons. The van der Waals surface area contributed by atoms with Crippen molar-refractivity contribution in [2.24, 2.45) is 0 Å². The van der Waals surface area contributed by atoms with E-state index in [1.54, 1.807) is 0 Å². The van der Waals surface area contributed by atoms with Crippen LogP contribution in [-0.4, -0.2) is 48.7 Å². The zero-order valence-electron chi connectivity index (χ0n) is 10.2. The van der Waals surface area contributed by atoms with Crippen molar-refractivity contribution in [3.05, 3.63) is 0 Å². The molecule has 16 heavy (non-hydrogen) atoms. The molecule has 4 nitrogen and oxygen atoms in total. The second-order valence-electron chi connectivity index (χ2n) is 4.67. The first-order valence-corrected chi connectivity index (χ1v) is 6.33. The van der Waals surface area contributed by atoms with Crippen LogP contribution < -0.4 is 5.32 Å². The summed E-state index contributed by atoms with van der Waals surface area (Å²) in [5.74, 6) is -0.700. The third-order valence-corrected chi connectivity index (χ3v) is 3.32. The van der Waals surface area contributed by atoms with E-state index in [9.17, 15) is 4.79 Å². The molecule has 0 aliphatic carbocycles. The molecular weight excluding hydrogens is 204 g/mol. The quantitative estimate of drug-likeness (QED) is 0.645. The van der Waals surface area contributed by atoms with Crippen LogP contribution >= 0.6 is 0 Å². The van der Waals surface area contributed by atoms with Crippen LogP contribution in [0, 0.1) is 0 Å². The van der Waals surface area contributed by atoms with Crippen molar-refractivity contribution in [2.75, 3.05) is 26.7 Å². The fraction of sp³-hybridized carbons (Fsp3) is 0.917. The molecule has 1 rings (SSSR count). The summed E-state index contributed by atoms with van der Waals surface area (Å²) < 4.78 is 0. The second kappa shape index (κ2) is 7.63. The van der Waals surface area contributed by atoms with Gasteiger partial charge in [0.2, 0.25) is 0 Å². The molecule has 0 bridgehead atoms. The predicted octanol–water partition coefficient (Wildman–Crippen LogP) is 1.32. The summed E-state index contributed by atoms with van der Waals surface area (Å²) in [6.45, 7) is 3.06. The van der Waals surface area contributed by atoms with Crippen molar-refractivity contribution in [1.29, 1.82) is 0 Å². The molecule has 1 unspecified atom stereocenters. The van der Waals surface area contributed by atoms with Crippen LogP contribution in [0.3, 0.4) is 0 Å². The maximum absolute atomic E-state index is 10.3. The van der Waals surface area contributed by atoms with Crippen LogP contribution in [0.1, 0.15) is 38.5 Å². The number of rotatable bonds is 7. The van der Waals surface area contributed by atoms with Gasteiger partial charge >= 0.3 is 5.97 Å². The Hall–Kier alpha value is -0.610. The van der Waals surface area contributed by atoms with Gasteiger partial charge in [-0.3, -0.25) is 4.79 Å². The van der Waals surface area contributed by atoms with Crippen molar-refractivity contribution in [3.63, 3.8) is 0 Å². The summed E-state index contributed by atoms with van der Waals surface area (Å²) in [5.41, 5.74) is 0. The third kappa shape index (κ3) is 5.47. The van der Waals surface area contributed by atoms with Gasteiger partial charge in [0.1, 0.15) is 0 Å². The minimum absolute atomic E-state index is 0.274. The van der Waals surface area contributed by atoms with Crippen molar-refractivity contribution in [3.8, 4) is 0 Å². The van der Waals surface area contributed by atoms with Gasteiger partial charge in [0.25, 0.3) is 0 Å². The van der Waals surface area contributed by atoms with E-state index in [-0.39, 0.29) is 6.42 Å². The minimum Gasteiger partial charge on any atom is -0.481 e. The van der Waals surface area contributed by atoms with Gasteiger partial charge in [-0.2, -0.15) is 0 Å². The summed E-state index contributed by atoms with van der Waals surface area (Å²) in [7, 11) is 2.20. The number of nitrogens with zero attached hydrogens (tertiary/aromatic N) is 1. The molecular formula is C12H24N2O2. The van der Waals surface area contributed by atoms with Crippen LogP contribution in [0.5, 0.6) is 0 Å². The molecule has 1 atom stereocenters. The summed E-state index contributed by atoms with van der Waals surface area (Å²) in [6, 6.07) is 0.723. The zero-order valence-corrected chi connectivity index (χ0v) is 10.2. The average Bonchev–Trinajstić information content (AvgIpc) is 2.25. The van der Waals surface area contributed by atoms with Crippen LogP contribution in [0.15, 0.2) is 0 Å². The van der Waals surface area contributed by atoms with E-state index in [2.05, 4.69) is 17.3 Å². The highest BCUT2D eigenvalue weighted by Gasteiger charge is 2.17. The number of carboxylic acid groups (broad SMARTS) is 1. The van der Waals surface area contributed by atoms with E-state index in [0.29, 0.717) is 0 Å².